The topological polar surface area (TPSA) is 0 Å². The van der Waals surface area contributed by atoms with Crippen molar-refractivity contribution >= 4 is 26.3 Å². The highest BCUT2D eigenvalue weighted by molar-refractivity contribution is 7.65. The molecule has 0 aliphatic rings. The van der Waals surface area contributed by atoms with Crippen LogP contribution in [0.1, 0.15) is 196 Å². The Bertz CT molecular complexity index is 791. The van der Waals surface area contributed by atoms with Gasteiger partial charge in [-0.25, -0.2) is 13.2 Å². The molecule has 0 aliphatic carbocycles. The first-order valence-electron chi connectivity index (χ1n) is 21.2. The van der Waals surface area contributed by atoms with Gasteiger partial charge < -0.3 is 0 Å². The maximum absolute atomic E-state index is 13.3. The fourth-order valence-corrected chi connectivity index (χ4v) is 16.1. The average Bonchev–Trinajstić information content (AvgIpc) is 3.09. The van der Waals surface area contributed by atoms with Crippen LogP contribution in [0.25, 0.3) is 0 Å². The van der Waals surface area contributed by atoms with E-state index in [-0.39, 0.29) is 5.30 Å². The third-order valence-corrected chi connectivity index (χ3v) is 20.4. The van der Waals surface area contributed by atoms with E-state index in [1.165, 1.54) is 128 Å². The Morgan fingerprint density at radius 3 is 0.979 bits per heavy atom. The van der Waals surface area contributed by atoms with Crippen LogP contribution in [-0.4, -0.2) is 25.4 Å². The summed E-state index contributed by atoms with van der Waals surface area (Å²) in [6, 6.07) is 0.787. The van der Waals surface area contributed by atoms with Crippen LogP contribution < -0.4 is 5.30 Å². The molecule has 0 aromatic heterocycles. The van der Waals surface area contributed by atoms with E-state index in [9.17, 15) is 17.6 Å². The highest BCUT2D eigenvalue weighted by Gasteiger charge is 2.28. The molecule has 1 rings (SSSR count). The second-order valence-corrected chi connectivity index (χ2v) is 24.0. The first kappa shape index (κ1) is 47.9. The van der Waals surface area contributed by atoms with Crippen LogP contribution in [-0.2, 0) is 0 Å². The predicted octanol–water partition coefficient (Wildman–Crippen LogP) is 16.0. The van der Waals surface area contributed by atoms with E-state index in [2.05, 4.69) is 27.7 Å². The summed E-state index contributed by atoms with van der Waals surface area (Å²) in [5.74, 6) is -5.97. The van der Waals surface area contributed by atoms with Gasteiger partial charge in [-0.1, -0.05) is 182 Å². The van der Waals surface area contributed by atoms with Crippen molar-refractivity contribution in [2.24, 2.45) is 0 Å². The fraction of sp³-hybridized carbons (Fsp3) is 0.857. The summed E-state index contributed by atoms with van der Waals surface area (Å²) in [5, 5.41) is 6.84. The quantitative estimate of drug-likeness (QED) is 0.0179. The minimum Gasteiger partial charge on any atom is -0.203 e. The molecule has 0 spiro atoms. The maximum Gasteiger partial charge on any atom is 0.203 e. The molecular formula is C42H80AlF4P. The van der Waals surface area contributed by atoms with E-state index >= 15 is 0 Å². The first-order chi connectivity index (χ1) is 23.3. The number of halogens is 4. The zero-order chi connectivity index (χ0) is 35.9. The number of rotatable bonds is 31. The third kappa shape index (κ3) is 22.7. The summed E-state index contributed by atoms with van der Waals surface area (Å²) in [6.07, 6.45) is 37.1. The van der Waals surface area contributed by atoms with Crippen LogP contribution in [0.5, 0.6) is 0 Å². The van der Waals surface area contributed by atoms with Gasteiger partial charge in [-0.05, 0) is 13.8 Å². The molecule has 284 valence electrons. The monoisotopic (exact) mass is 719 g/mol. The van der Waals surface area contributed by atoms with Crippen LogP contribution in [0, 0.1) is 23.3 Å². The van der Waals surface area contributed by atoms with Gasteiger partial charge in [0, 0.05) is 14.0 Å². The Balaban J connectivity index is 0.00000122. The van der Waals surface area contributed by atoms with Gasteiger partial charge in [0.25, 0.3) is 0 Å². The van der Waals surface area contributed by atoms with Gasteiger partial charge in [-0.15, -0.1) is 0 Å². The smallest absolute Gasteiger partial charge is 0.203 e. The van der Waals surface area contributed by atoms with Gasteiger partial charge >= 0.3 is 0 Å². The van der Waals surface area contributed by atoms with Crippen LogP contribution in [0.15, 0.2) is 6.07 Å². The molecular weight excluding hydrogens is 638 g/mol. The van der Waals surface area contributed by atoms with Crippen LogP contribution >= 0.6 is 7.92 Å². The summed E-state index contributed by atoms with van der Waals surface area (Å²) in [5.41, 5.74) is 0. The van der Waals surface area contributed by atoms with Gasteiger partial charge in [0.15, 0.2) is 11.6 Å². The zero-order valence-corrected chi connectivity index (χ0v) is 35.0. The molecule has 0 aliphatic heterocycles. The van der Waals surface area contributed by atoms with E-state index < -0.39 is 44.3 Å². The number of hydrogen-bond acceptors (Lipinski definition) is 0. The lowest BCUT2D eigenvalue weighted by atomic mass is 10.1. The summed E-state index contributed by atoms with van der Waals surface area (Å²) in [7, 11) is -1.31. The van der Waals surface area contributed by atoms with E-state index in [1.54, 1.807) is 46.8 Å². The van der Waals surface area contributed by atoms with Crippen molar-refractivity contribution in [2.45, 2.75) is 217 Å². The lowest BCUT2D eigenvalue weighted by Crippen LogP contribution is -2.34. The van der Waals surface area contributed by atoms with E-state index in [0.29, 0.717) is 12.3 Å². The second-order valence-electron chi connectivity index (χ2n) is 15.1. The molecule has 0 heterocycles. The molecule has 1 aromatic carbocycles. The molecule has 0 atom stereocenters. The van der Waals surface area contributed by atoms with Crippen molar-refractivity contribution in [3.05, 3.63) is 29.3 Å². The van der Waals surface area contributed by atoms with Gasteiger partial charge in [0.05, 0.1) is 12.3 Å². The van der Waals surface area contributed by atoms with E-state index in [1.807, 2.05) is 13.8 Å². The van der Waals surface area contributed by atoms with E-state index in [4.69, 9.17) is 0 Å². The second kappa shape index (κ2) is 32.8. The summed E-state index contributed by atoms with van der Waals surface area (Å²) in [6.45, 7) is 13.1. The fourth-order valence-electron chi connectivity index (χ4n) is 7.76. The van der Waals surface area contributed by atoms with Gasteiger partial charge in [0.1, 0.15) is 18.4 Å². The standard InChI is InChI=1S/C10H11F4P.4C8H17.Al/c1-3-15(4-2)7-5-6(11)8(12)10(14)9(7)13;4*1-3-5-7-8-6-4-2;/h5H,3-4H2,1-2H3;4*1,3-8H2,2H3;/q;;;;;-1/p+1. The molecule has 6 heteroatoms. The highest BCUT2D eigenvalue weighted by atomic mass is 31.1. The van der Waals surface area contributed by atoms with Crippen molar-refractivity contribution < 1.29 is 17.6 Å². The zero-order valence-electron chi connectivity index (χ0n) is 32.9. The van der Waals surface area contributed by atoms with Crippen molar-refractivity contribution in [3.8, 4) is 0 Å². The highest BCUT2D eigenvalue weighted by Crippen LogP contribution is 2.36. The minimum atomic E-state index is -1.73. The molecule has 0 saturated heterocycles. The SMILES string of the molecule is CCCCCCC[CH2][Al-]([CH2]CCCCCCC)([CH2]CCCCCCC)[CH2]CCCCCCC.CC[PH+](CC)c1cc(F)c(F)c(F)c1F. The molecule has 0 radical (unpaired) electrons. The Morgan fingerprint density at radius 1 is 0.396 bits per heavy atom. The molecule has 0 bridgehead atoms. The van der Waals surface area contributed by atoms with Gasteiger partial charge in [-0.2, -0.15) is 25.5 Å². The van der Waals surface area contributed by atoms with Crippen molar-refractivity contribution in [2.75, 3.05) is 12.3 Å². The van der Waals surface area contributed by atoms with Crippen LogP contribution in [0.2, 0.25) is 21.1 Å². The molecule has 0 amide bonds. The van der Waals surface area contributed by atoms with Gasteiger partial charge in [-0.3, -0.25) is 0 Å². The Kier molecular flexibility index (Phi) is 32.7. The third-order valence-electron chi connectivity index (χ3n) is 11.0. The van der Waals surface area contributed by atoms with Crippen molar-refractivity contribution in [3.63, 3.8) is 0 Å². The van der Waals surface area contributed by atoms with Crippen LogP contribution in [0.4, 0.5) is 17.6 Å². The molecule has 48 heavy (non-hydrogen) atoms. The Hall–Kier alpha value is -0.0975. The lowest BCUT2D eigenvalue weighted by Gasteiger charge is -2.37. The largest absolute Gasteiger partial charge is 0.203 e. The minimum absolute atomic E-state index is 0.0152. The molecule has 0 saturated carbocycles. The maximum atomic E-state index is 13.3. The summed E-state index contributed by atoms with van der Waals surface area (Å²) >= 11 is -1.42. The molecule has 1 aromatic rings. The van der Waals surface area contributed by atoms with Crippen LogP contribution in [0.3, 0.4) is 0 Å². The summed E-state index contributed by atoms with van der Waals surface area (Å²) < 4.78 is 51.8. The Labute approximate surface area is 301 Å². The average molecular weight is 719 g/mol. The predicted molar refractivity (Wildman–Crippen MR) is 214 cm³/mol. The number of hydrogen-bond donors (Lipinski definition) is 0. The molecule has 0 nitrogen and oxygen atoms in total. The molecule has 0 N–H and O–H groups in total. The normalized spacial score (nSPS) is 11.7. The number of unbranched alkanes of at least 4 members (excludes halogenated alkanes) is 20. The van der Waals surface area contributed by atoms with E-state index in [0.717, 1.165) is 6.07 Å². The van der Waals surface area contributed by atoms with Crippen molar-refractivity contribution in [1.82, 2.24) is 0 Å². The van der Waals surface area contributed by atoms with Gasteiger partial charge in [0.2, 0.25) is 11.6 Å². The van der Waals surface area contributed by atoms with Crippen molar-refractivity contribution in [1.29, 1.82) is 0 Å². The first-order valence-corrected chi connectivity index (χ1v) is 26.3. The lowest BCUT2D eigenvalue weighted by molar-refractivity contribution is 0.412. The Morgan fingerprint density at radius 2 is 0.688 bits per heavy atom. The summed E-state index contributed by atoms with van der Waals surface area (Å²) in [4.78, 5) is 0. The number of benzene rings is 1. The molecule has 0 unspecified atom stereocenters. The molecule has 0 fully saturated rings.